The van der Waals surface area contributed by atoms with E-state index in [0.717, 1.165) is 11.8 Å². The second-order valence-corrected chi connectivity index (χ2v) is 5.54. The van der Waals surface area contributed by atoms with Gasteiger partial charge < -0.3 is 10.2 Å². The van der Waals surface area contributed by atoms with Crippen LogP contribution in [0.15, 0.2) is 48.5 Å². The van der Waals surface area contributed by atoms with Crippen molar-refractivity contribution in [2.24, 2.45) is 0 Å². The van der Waals surface area contributed by atoms with Gasteiger partial charge in [-0.25, -0.2) is 4.39 Å². The Morgan fingerprint density at radius 1 is 1.27 bits per heavy atom. The Labute approximate surface area is 134 Å². The third-order valence-electron chi connectivity index (χ3n) is 3.56. The molecule has 0 radical (unpaired) electrons. The van der Waals surface area contributed by atoms with Gasteiger partial charge in [0.1, 0.15) is 5.82 Å². The van der Waals surface area contributed by atoms with Crippen LogP contribution in [-0.4, -0.2) is 25.5 Å². The second-order valence-electron chi connectivity index (χ2n) is 5.13. The highest BCUT2D eigenvalue weighted by Gasteiger charge is 2.14. The van der Waals surface area contributed by atoms with Crippen molar-refractivity contribution in [1.82, 2.24) is 5.32 Å². The summed E-state index contributed by atoms with van der Waals surface area (Å²) in [5.74, 6) is -0.767. The van der Waals surface area contributed by atoms with Gasteiger partial charge in [0.25, 0.3) is 5.91 Å². The lowest BCUT2D eigenvalue weighted by Crippen LogP contribution is -2.40. The lowest BCUT2D eigenvalue weighted by molar-refractivity contribution is 0.0952. The molecule has 0 unspecified atom stereocenters. The third kappa shape index (κ3) is 3.98. The minimum atomic E-state index is -0.460. The maximum Gasteiger partial charge on any atom is 0.252 e. The van der Waals surface area contributed by atoms with Crippen LogP contribution in [0.25, 0.3) is 0 Å². The van der Waals surface area contributed by atoms with Crippen LogP contribution in [0.3, 0.4) is 0 Å². The molecule has 0 bridgehead atoms. The number of likely N-dealkylation sites (N-methyl/N-ethyl adjacent to an activating group) is 1. The van der Waals surface area contributed by atoms with Crippen molar-refractivity contribution in [3.63, 3.8) is 0 Å². The van der Waals surface area contributed by atoms with Gasteiger partial charge in [-0.15, -0.1) is 0 Å². The first-order valence-corrected chi connectivity index (χ1v) is 7.38. The smallest absolute Gasteiger partial charge is 0.252 e. The van der Waals surface area contributed by atoms with Gasteiger partial charge in [0.15, 0.2) is 0 Å². The summed E-state index contributed by atoms with van der Waals surface area (Å²) in [6.07, 6.45) is 0. The van der Waals surface area contributed by atoms with Gasteiger partial charge in [0.05, 0.1) is 10.6 Å². The highest BCUT2D eigenvalue weighted by molar-refractivity contribution is 6.33. The predicted octanol–water partition coefficient (Wildman–Crippen LogP) is 3.73. The van der Waals surface area contributed by atoms with Crippen LogP contribution in [0.2, 0.25) is 5.02 Å². The van der Waals surface area contributed by atoms with Crippen LogP contribution in [0.5, 0.6) is 0 Å². The van der Waals surface area contributed by atoms with Crippen molar-refractivity contribution in [3.05, 3.63) is 64.9 Å². The summed E-state index contributed by atoms with van der Waals surface area (Å²) < 4.78 is 13.0. The molecule has 2 aromatic rings. The van der Waals surface area contributed by atoms with E-state index in [1.165, 1.54) is 12.1 Å². The molecule has 1 atom stereocenters. The normalized spacial score (nSPS) is 11.8. The minimum Gasteiger partial charge on any atom is -0.370 e. The van der Waals surface area contributed by atoms with Crippen molar-refractivity contribution in [2.75, 3.05) is 18.5 Å². The van der Waals surface area contributed by atoms with E-state index in [4.69, 9.17) is 11.6 Å². The molecule has 0 fully saturated rings. The van der Waals surface area contributed by atoms with Gasteiger partial charge in [0, 0.05) is 25.3 Å². The van der Waals surface area contributed by atoms with Gasteiger partial charge in [0.2, 0.25) is 0 Å². The molecule has 2 aromatic carbocycles. The summed E-state index contributed by atoms with van der Waals surface area (Å²) in [7, 11) is 1.97. The summed E-state index contributed by atoms with van der Waals surface area (Å²) in [6, 6.07) is 13.8. The number of rotatable bonds is 5. The number of carbonyl (C=O) groups is 1. The van der Waals surface area contributed by atoms with Crippen LogP contribution in [-0.2, 0) is 0 Å². The number of halogens is 2. The van der Waals surface area contributed by atoms with Crippen LogP contribution < -0.4 is 10.2 Å². The molecular weight excluding hydrogens is 303 g/mol. The van der Waals surface area contributed by atoms with Crippen molar-refractivity contribution >= 4 is 23.2 Å². The number of para-hydroxylation sites is 1. The summed E-state index contributed by atoms with van der Waals surface area (Å²) in [4.78, 5) is 14.2. The molecule has 5 heteroatoms. The number of hydrogen-bond donors (Lipinski definition) is 1. The standard InChI is InChI=1S/C17H18ClFN2O/c1-12(21(2)14-6-4-3-5-7-14)11-20-17(22)15-9-8-13(19)10-16(15)18/h3-10,12H,11H2,1-2H3,(H,20,22)/t12-/m1/s1. The van der Waals surface area contributed by atoms with E-state index in [0.29, 0.717) is 6.54 Å². The van der Waals surface area contributed by atoms with Crippen molar-refractivity contribution in [1.29, 1.82) is 0 Å². The molecule has 2 rings (SSSR count). The number of benzene rings is 2. The Morgan fingerprint density at radius 2 is 1.95 bits per heavy atom. The van der Waals surface area contributed by atoms with Gasteiger partial charge in [-0.2, -0.15) is 0 Å². The highest BCUT2D eigenvalue weighted by Crippen LogP contribution is 2.17. The Hall–Kier alpha value is -2.07. The van der Waals surface area contributed by atoms with E-state index in [-0.39, 0.29) is 22.5 Å². The molecule has 0 saturated carbocycles. The molecule has 0 heterocycles. The number of nitrogens with one attached hydrogen (secondary N) is 1. The first kappa shape index (κ1) is 16.3. The summed E-state index contributed by atoms with van der Waals surface area (Å²) in [6.45, 7) is 2.47. The zero-order chi connectivity index (χ0) is 16.1. The molecule has 0 spiro atoms. The van der Waals surface area contributed by atoms with Crippen LogP contribution in [0.1, 0.15) is 17.3 Å². The van der Waals surface area contributed by atoms with E-state index in [2.05, 4.69) is 10.2 Å². The van der Waals surface area contributed by atoms with Crippen molar-refractivity contribution < 1.29 is 9.18 Å². The fourth-order valence-electron chi connectivity index (χ4n) is 2.06. The fraction of sp³-hybridized carbons (Fsp3) is 0.235. The zero-order valence-corrected chi connectivity index (χ0v) is 13.3. The quantitative estimate of drug-likeness (QED) is 0.910. The molecule has 1 amide bonds. The maximum absolute atomic E-state index is 13.0. The summed E-state index contributed by atoms with van der Waals surface area (Å²) in [5, 5.41) is 2.93. The lowest BCUT2D eigenvalue weighted by atomic mass is 10.2. The fourth-order valence-corrected chi connectivity index (χ4v) is 2.32. The SMILES string of the molecule is C[C@H](CNC(=O)c1ccc(F)cc1Cl)N(C)c1ccccc1. The largest absolute Gasteiger partial charge is 0.370 e. The Morgan fingerprint density at radius 3 is 2.59 bits per heavy atom. The van der Waals surface area contributed by atoms with E-state index >= 15 is 0 Å². The van der Waals surface area contributed by atoms with Crippen molar-refractivity contribution in [3.8, 4) is 0 Å². The van der Waals surface area contributed by atoms with Crippen LogP contribution in [0, 0.1) is 5.82 Å². The van der Waals surface area contributed by atoms with E-state index < -0.39 is 5.82 Å². The summed E-state index contributed by atoms with van der Waals surface area (Å²) in [5.41, 5.74) is 1.35. The van der Waals surface area contributed by atoms with Gasteiger partial charge in [-0.1, -0.05) is 29.8 Å². The Bertz CT molecular complexity index is 648. The van der Waals surface area contributed by atoms with Crippen LogP contribution in [0.4, 0.5) is 10.1 Å². The Kier molecular flexibility index (Phi) is 5.39. The van der Waals surface area contributed by atoms with Gasteiger partial charge in [-0.3, -0.25) is 4.79 Å². The number of carbonyl (C=O) groups excluding carboxylic acids is 1. The molecule has 3 nitrogen and oxygen atoms in total. The zero-order valence-electron chi connectivity index (χ0n) is 12.5. The number of nitrogens with zero attached hydrogens (tertiary/aromatic N) is 1. The number of amides is 1. The topological polar surface area (TPSA) is 32.3 Å². The maximum atomic E-state index is 13.0. The molecule has 0 aromatic heterocycles. The number of anilines is 1. The first-order valence-electron chi connectivity index (χ1n) is 7.00. The minimum absolute atomic E-state index is 0.102. The Balaban J connectivity index is 1.96. The molecule has 0 aliphatic carbocycles. The third-order valence-corrected chi connectivity index (χ3v) is 3.87. The van der Waals surface area contributed by atoms with E-state index in [1.807, 2.05) is 44.3 Å². The molecule has 0 saturated heterocycles. The van der Waals surface area contributed by atoms with Gasteiger partial charge >= 0.3 is 0 Å². The first-order chi connectivity index (χ1) is 10.5. The van der Waals surface area contributed by atoms with E-state index in [9.17, 15) is 9.18 Å². The highest BCUT2D eigenvalue weighted by atomic mass is 35.5. The van der Waals surface area contributed by atoms with E-state index in [1.54, 1.807) is 0 Å². The second kappa shape index (κ2) is 7.27. The molecule has 0 aliphatic rings. The molecule has 0 aliphatic heterocycles. The molecule has 22 heavy (non-hydrogen) atoms. The van der Waals surface area contributed by atoms with Crippen molar-refractivity contribution in [2.45, 2.75) is 13.0 Å². The lowest BCUT2D eigenvalue weighted by Gasteiger charge is -2.27. The predicted molar refractivity (Wildman–Crippen MR) is 88.1 cm³/mol. The van der Waals surface area contributed by atoms with Crippen LogP contribution >= 0.6 is 11.6 Å². The molecule has 1 N–H and O–H groups in total. The van der Waals surface area contributed by atoms with Gasteiger partial charge in [-0.05, 0) is 37.3 Å². The molecular formula is C17H18ClFN2O. The average molecular weight is 321 g/mol. The summed E-state index contributed by atoms with van der Waals surface area (Å²) >= 11 is 5.89. The average Bonchev–Trinajstić information content (AvgIpc) is 2.52. The monoisotopic (exact) mass is 320 g/mol. The molecule has 116 valence electrons. The number of hydrogen-bond acceptors (Lipinski definition) is 2.